The lowest BCUT2D eigenvalue weighted by molar-refractivity contribution is -0.122. The van der Waals surface area contributed by atoms with Crippen LogP contribution in [0.1, 0.15) is 69.6 Å². The molecule has 6 aromatic rings. The number of nitrogens with two attached hydrogens (primary N) is 2. The normalized spacial score (nSPS) is 18.4. The van der Waals surface area contributed by atoms with Crippen LogP contribution < -0.4 is 32.1 Å². The Labute approximate surface area is 348 Å². The smallest absolute Gasteiger partial charge is 0.278 e. The van der Waals surface area contributed by atoms with Crippen molar-refractivity contribution >= 4 is 45.4 Å². The molecule has 0 spiro atoms. The van der Waals surface area contributed by atoms with Gasteiger partial charge in [-0.05, 0) is 72.5 Å². The van der Waals surface area contributed by atoms with Gasteiger partial charge in [-0.3, -0.25) is 28.8 Å². The summed E-state index contributed by atoms with van der Waals surface area (Å²) in [4.78, 5) is 79.3. The summed E-state index contributed by atoms with van der Waals surface area (Å²) in [6.45, 7) is 1.24. The van der Waals surface area contributed by atoms with Gasteiger partial charge in [-0.1, -0.05) is 34.7 Å². The van der Waals surface area contributed by atoms with Gasteiger partial charge in [-0.15, -0.1) is 10.2 Å². The highest BCUT2D eigenvalue weighted by Crippen LogP contribution is 2.36. The number of carbonyl (C=O) groups is 4. The molecule has 20 heteroatoms. The van der Waals surface area contributed by atoms with Crippen LogP contribution in [-0.2, 0) is 22.4 Å². The van der Waals surface area contributed by atoms with Crippen molar-refractivity contribution in [3.05, 3.63) is 127 Å². The molecule has 4 N–H and O–H groups in total. The maximum Gasteiger partial charge on any atom is 0.278 e. The van der Waals surface area contributed by atoms with Gasteiger partial charge in [0, 0.05) is 38.8 Å². The number of primary amides is 2. The van der Waals surface area contributed by atoms with E-state index in [0.717, 1.165) is 35.0 Å². The van der Waals surface area contributed by atoms with E-state index < -0.39 is 46.7 Å². The summed E-state index contributed by atoms with van der Waals surface area (Å²) in [5, 5.41) is 16.1. The van der Waals surface area contributed by atoms with Gasteiger partial charge in [-0.2, -0.15) is 9.36 Å². The van der Waals surface area contributed by atoms with E-state index in [0.29, 0.717) is 46.8 Å². The van der Waals surface area contributed by atoms with E-state index in [1.54, 1.807) is 21.9 Å². The number of nitrogens with zero attached hydrogens (tertiary/aromatic N) is 8. The summed E-state index contributed by atoms with van der Waals surface area (Å²) in [6, 6.07) is 14.9. The summed E-state index contributed by atoms with van der Waals surface area (Å²) in [7, 11) is 0. The van der Waals surface area contributed by atoms with Crippen LogP contribution >= 0.6 is 0 Å². The predicted octanol–water partition coefficient (Wildman–Crippen LogP) is 2.31. The Hall–Kier alpha value is -7.64. The molecule has 0 bridgehead atoms. The summed E-state index contributed by atoms with van der Waals surface area (Å²) in [5.74, 6) is -2.26. The second kappa shape index (κ2) is 15.8. The lowest BCUT2D eigenvalue weighted by Gasteiger charge is -2.31. The Morgan fingerprint density at radius 2 is 1.06 bits per heavy atom. The second-order valence-corrected chi connectivity index (χ2v) is 15.3. The zero-order valence-electron chi connectivity index (χ0n) is 32.6. The van der Waals surface area contributed by atoms with Gasteiger partial charge in [0.25, 0.3) is 22.9 Å². The first-order chi connectivity index (χ1) is 29.8. The molecule has 2 aromatic heterocycles. The van der Waals surface area contributed by atoms with Crippen molar-refractivity contribution < 1.29 is 37.4 Å². The van der Waals surface area contributed by atoms with Crippen LogP contribution in [0.2, 0.25) is 0 Å². The van der Waals surface area contributed by atoms with Crippen LogP contribution in [0.3, 0.4) is 0 Å². The highest BCUT2D eigenvalue weighted by molar-refractivity contribution is 6.02. The monoisotopic (exact) mass is 846 g/mol. The zero-order chi connectivity index (χ0) is 43.4. The lowest BCUT2D eigenvalue weighted by Crippen LogP contribution is -2.43. The largest absolute Gasteiger partial charge is 0.470 e. The molecular weight excluding hydrogens is 811 g/mol. The molecule has 10 rings (SSSR count). The maximum atomic E-state index is 13.5. The molecule has 316 valence electrons. The maximum absolute atomic E-state index is 13.5. The quantitative estimate of drug-likeness (QED) is 0.224. The first-order valence-electron chi connectivity index (χ1n) is 19.7. The predicted molar refractivity (Wildman–Crippen MR) is 214 cm³/mol. The molecule has 4 aliphatic heterocycles. The molecule has 18 nitrogen and oxygen atoms in total. The molecule has 4 atom stereocenters. The highest BCUT2D eigenvalue weighted by atomic mass is 19.1. The third kappa shape index (κ3) is 7.21. The van der Waals surface area contributed by atoms with Crippen molar-refractivity contribution in [2.24, 2.45) is 11.5 Å². The third-order valence-electron chi connectivity index (χ3n) is 11.4. The molecule has 0 radical (unpaired) electrons. The average Bonchev–Trinajstić information content (AvgIpc) is 3.93. The number of amides is 4. The minimum absolute atomic E-state index is 0.0237. The third-order valence-corrected chi connectivity index (χ3v) is 11.4. The molecule has 4 aromatic carbocycles. The molecule has 0 saturated carbocycles. The van der Waals surface area contributed by atoms with E-state index in [1.807, 2.05) is 0 Å². The molecule has 4 aliphatic rings. The minimum atomic E-state index is -1.16. The molecule has 0 unspecified atom stereocenters. The number of benzene rings is 4. The summed E-state index contributed by atoms with van der Waals surface area (Å²) in [6.07, 6.45) is 2.39. The average molecular weight is 847 g/mol. The van der Waals surface area contributed by atoms with Crippen molar-refractivity contribution in [3.8, 4) is 11.5 Å². The number of ether oxygens (including phenoxy) is 2. The van der Waals surface area contributed by atoms with Crippen LogP contribution in [0.15, 0.2) is 82.4 Å². The summed E-state index contributed by atoms with van der Waals surface area (Å²) >= 11 is 0. The van der Waals surface area contributed by atoms with Gasteiger partial charge in [0.2, 0.25) is 11.8 Å². The fourth-order valence-corrected chi connectivity index (χ4v) is 8.28. The van der Waals surface area contributed by atoms with Crippen molar-refractivity contribution in [2.45, 2.75) is 63.1 Å². The van der Waals surface area contributed by atoms with E-state index in [9.17, 15) is 37.5 Å². The van der Waals surface area contributed by atoms with Gasteiger partial charge < -0.3 is 30.7 Å². The van der Waals surface area contributed by atoms with Crippen molar-refractivity contribution in [3.63, 3.8) is 0 Å². The SMILES string of the molecule is NC(=O)[C@H](Cc1cccc(F)c1)n1nnc2cc3c(cc2c1=O)O[C@@H]1CCCN1C3=O.NC(=O)[C@H](Cc1cccc(F)c1)n1nnc2cc3c(cc2c1=O)O[C@H]1CCCN1C3=O. The molecule has 2 fully saturated rings. The number of hydrogen-bond acceptors (Lipinski definition) is 12. The van der Waals surface area contributed by atoms with Crippen molar-refractivity contribution in [2.75, 3.05) is 13.1 Å². The van der Waals surface area contributed by atoms with Crippen LogP contribution in [0, 0.1) is 11.6 Å². The highest BCUT2D eigenvalue weighted by Gasteiger charge is 2.39. The Morgan fingerprint density at radius 3 is 1.45 bits per heavy atom. The number of fused-ring (bicyclic) bond motifs is 6. The fraction of sp³-hybridized carbons (Fsp3) is 0.286. The van der Waals surface area contributed by atoms with Crippen LogP contribution in [0.4, 0.5) is 8.78 Å². The Morgan fingerprint density at radius 1 is 0.645 bits per heavy atom. The van der Waals surface area contributed by atoms with E-state index >= 15 is 0 Å². The molecule has 4 amide bonds. The van der Waals surface area contributed by atoms with Crippen LogP contribution in [-0.4, -0.2) is 89.0 Å². The molecule has 2 saturated heterocycles. The topological polar surface area (TPSA) is 241 Å². The Bertz CT molecular complexity index is 2780. The number of halogens is 2. The van der Waals surface area contributed by atoms with Gasteiger partial charge in [0.05, 0.1) is 21.9 Å². The summed E-state index contributed by atoms with van der Waals surface area (Å²) in [5.41, 5.74) is 11.9. The number of aromatic nitrogens is 6. The van der Waals surface area contributed by atoms with Crippen LogP contribution in [0.25, 0.3) is 21.8 Å². The van der Waals surface area contributed by atoms with Gasteiger partial charge in [0.15, 0.2) is 12.5 Å². The van der Waals surface area contributed by atoms with Gasteiger partial charge >= 0.3 is 0 Å². The molecule has 6 heterocycles. The number of carbonyl (C=O) groups excluding carboxylic acids is 4. The molecular formula is C42H36F2N10O8. The summed E-state index contributed by atoms with van der Waals surface area (Å²) < 4.78 is 40.7. The van der Waals surface area contributed by atoms with Crippen LogP contribution in [0.5, 0.6) is 11.5 Å². The first kappa shape index (κ1) is 39.8. The van der Waals surface area contributed by atoms with Crippen molar-refractivity contribution in [1.82, 2.24) is 39.8 Å². The van der Waals surface area contributed by atoms with E-state index in [2.05, 4.69) is 20.6 Å². The Balaban J connectivity index is 0.000000158. The lowest BCUT2D eigenvalue weighted by atomic mass is 10.0. The standard InChI is InChI=1S/2C21H18FN5O4/c2*22-12-4-1-3-11(7-12)8-16(19(23)28)27-21(30)13-10-17-14(9-15(13)24-25-27)20(29)26-6-2-5-18(26)31-17/h2*1,3-4,7,9-10,16,18H,2,5-6,8H2,(H2,23,28)/t16-,18+;16-,18-/m00/s1. The van der Waals surface area contributed by atoms with E-state index in [4.69, 9.17) is 20.9 Å². The van der Waals surface area contributed by atoms with E-state index in [1.165, 1.54) is 60.7 Å². The van der Waals surface area contributed by atoms with Crippen molar-refractivity contribution in [1.29, 1.82) is 0 Å². The minimum Gasteiger partial charge on any atom is -0.470 e. The fourth-order valence-electron chi connectivity index (χ4n) is 8.28. The number of rotatable bonds is 8. The number of hydrogen-bond donors (Lipinski definition) is 2. The Kier molecular flexibility index (Phi) is 10.1. The second-order valence-electron chi connectivity index (χ2n) is 15.3. The van der Waals surface area contributed by atoms with Gasteiger partial charge in [-0.25, -0.2) is 8.78 Å². The van der Waals surface area contributed by atoms with Gasteiger partial charge in [0.1, 0.15) is 46.3 Å². The molecule has 62 heavy (non-hydrogen) atoms. The zero-order valence-corrected chi connectivity index (χ0v) is 32.6. The molecule has 0 aliphatic carbocycles. The van der Waals surface area contributed by atoms with E-state index in [-0.39, 0.29) is 58.9 Å². The first-order valence-corrected chi connectivity index (χ1v) is 19.7.